The van der Waals surface area contributed by atoms with Gasteiger partial charge in [0.2, 0.25) is 29.5 Å². The normalized spacial score (nSPS) is 10.6. The van der Waals surface area contributed by atoms with Gasteiger partial charge in [-0.3, -0.25) is 24.0 Å². The minimum Gasteiger partial charge on any atom is -0.440 e. The molecular formula is C32H38LiN5O7-2. The molecule has 0 heterocycles. The SMILES string of the molecule is CC(C)CNC(=O)CNC(=O)[C@H](Cc1ccccc1)NC(=O)CNC(=O)CNC(=O)CCc1c[c-]ccc1.O=[C-]/C=C\[C-]=O.[Li+]. The molecule has 5 N–H and O–H groups in total. The molecule has 45 heavy (non-hydrogen) atoms. The van der Waals surface area contributed by atoms with Crippen molar-refractivity contribution in [2.45, 2.75) is 39.2 Å². The predicted octanol–water partition coefficient (Wildman–Crippen LogP) is -2.97. The van der Waals surface area contributed by atoms with E-state index in [1.807, 2.05) is 56.3 Å². The summed E-state index contributed by atoms with van der Waals surface area (Å²) in [5.74, 6) is -1.97. The quantitative estimate of drug-likeness (QED) is 0.0720. The molecule has 1 atom stereocenters. The predicted molar refractivity (Wildman–Crippen MR) is 163 cm³/mol. The van der Waals surface area contributed by atoms with Crippen molar-refractivity contribution in [2.75, 3.05) is 26.2 Å². The molecule has 0 spiro atoms. The first kappa shape index (κ1) is 40.5. The molecule has 2 aromatic rings. The van der Waals surface area contributed by atoms with Crippen LogP contribution in [0.1, 0.15) is 31.4 Å². The average Bonchev–Trinajstić information content (AvgIpc) is 3.03. The molecule has 0 unspecified atom stereocenters. The van der Waals surface area contributed by atoms with Gasteiger partial charge >= 0.3 is 18.9 Å². The smallest absolute Gasteiger partial charge is 0.440 e. The van der Waals surface area contributed by atoms with E-state index < -0.39 is 23.8 Å². The van der Waals surface area contributed by atoms with Crippen LogP contribution in [0, 0.1) is 12.0 Å². The monoisotopic (exact) mass is 611 g/mol. The van der Waals surface area contributed by atoms with Gasteiger partial charge in [-0.15, -0.1) is 12.6 Å². The minimum absolute atomic E-state index is 0. The van der Waals surface area contributed by atoms with Gasteiger partial charge in [-0.25, -0.2) is 0 Å². The van der Waals surface area contributed by atoms with Crippen molar-refractivity contribution < 1.29 is 52.4 Å². The van der Waals surface area contributed by atoms with Crippen molar-refractivity contribution >= 4 is 42.1 Å². The van der Waals surface area contributed by atoms with Crippen LogP contribution in [0.5, 0.6) is 0 Å². The van der Waals surface area contributed by atoms with Gasteiger partial charge in [-0.05, 0) is 11.5 Å². The first-order valence-corrected chi connectivity index (χ1v) is 13.9. The van der Waals surface area contributed by atoms with Gasteiger partial charge < -0.3 is 48.3 Å². The third kappa shape index (κ3) is 20.9. The number of rotatable bonds is 17. The third-order valence-corrected chi connectivity index (χ3v) is 5.59. The van der Waals surface area contributed by atoms with Gasteiger partial charge in [0, 0.05) is 19.4 Å². The van der Waals surface area contributed by atoms with Crippen LogP contribution in [0.3, 0.4) is 0 Å². The van der Waals surface area contributed by atoms with Crippen molar-refractivity contribution in [1.29, 1.82) is 0 Å². The molecule has 13 heteroatoms. The van der Waals surface area contributed by atoms with E-state index in [0.29, 0.717) is 13.0 Å². The van der Waals surface area contributed by atoms with E-state index in [2.05, 4.69) is 32.7 Å². The fourth-order valence-corrected chi connectivity index (χ4v) is 3.40. The van der Waals surface area contributed by atoms with Gasteiger partial charge in [0.1, 0.15) is 6.04 Å². The fraction of sp³-hybridized carbons (Fsp3) is 0.344. The largest absolute Gasteiger partial charge is 1.00 e. The molecule has 0 saturated heterocycles. The molecule has 0 aromatic heterocycles. The molecule has 12 nitrogen and oxygen atoms in total. The van der Waals surface area contributed by atoms with E-state index in [-0.39, 0.29) is 69.1 Å². The molecule has 0 fully saturated rings. The maximum atomic E-state index is 12.8. The van der Waals surface area contributed by atoms with Crippen molar-refractivity contribution in [3.05, 3.63) is 83.9 Å². The Morgan fingerprint density at radius 1 is 0.756 bits per heavy atom. The molecule has 0 aliphatic carbocycles. The van der Waals surface area contributed by atoms with Crippen LogP contribution in [0.2, 0.25) is 0 Å². The summed E-state index contributed by atoms with van der Waals surface area (Å²) in [7, 11) is 0. The number of hydrogen-bond donors (Lipinski definition) is 5. The second-order valence-corrected chi connectivity index (χ2v) is 9.76. The second-order valence-electron chi connectivity index (χ2n) is 9.76. The number of aryl methyl sites for hydroxylation is 1. The van der Waals surface area contributed by atoms with Crippen LogP contribution in [0.25, 0.3) is 0 Å². The Bertz CT molecular complexity index is 1230. The standard InChI is InChI=1S/C28H36N5O5.C4H2O2.Li/c1-20(2)16-29-26(36)18-32-28(38)23(15-22-11-7-4-8-12-22)33-27(37)19-31-25(35)17-30-24(34)14-13-21-9-5-3-6-10-21;5-3-1-2-4-6;/h3-5,7-12,20,23H,13-19H2,1-2H3,(H,29,36)(H,30,34)(H,31,35)(H,32,38)(H,33,37);1-2H;/q-1;-2;+1/b;2-1-;/t23-;;/m0../s1. The van der Waals surface area contributed by atoms with Crippen LogP contribution in [-0.2, 0) is 46.4 Å². The molecule has 2 rings (SSSR count). The van der Waals surface area contributed by atoms with Crippen LogP contribution in [0.15, 0.2) is 66.7 Å². The first-order valence-electron chi connectivity index (χ1n) is 13.9. The Balaban J connectivity index is 0.00000251. The maximum absolute atomic E-state index is 12.8. The van der Waals surface area contributed by atoms with Gasteiger partial charge in [0.15, 0.2) is 0 Å². The summed E-state index contributed by atoms with van der Waals surface area (Å²) in [4.78, 5) is 79.6. The summed E-state index contributed by atoms with van der Waals surface area (Å²) in [6.07, 6.45) is 5.60. The van der Waals surface area contributed by atoms with Crippen LogP contribution < -0.4 is 45.4 Å². The summed E-state index contributed by atoms with van der Waals surface area (Å²) < 4.78 is 0. The van der Waals surface area contributed by atoms with Gasteiger partial charge in [-0.1, -0.05) is 50.6 Å². The Kier molecular flexibility index (Phi) is 22.4. The number of hydrogen-bond acceptors (Lipinski definition) is 7. The number of carbonyl (C=O) groups is 5. The van der Waals surface area contributed by atoms with E-state index in [9.17, 15) is 33.6 Å². The van der Waals surface area contributed by atoms with Gasteiger partial charge in [0.25, 0.3) is 0 Å². The summed E-state index contributed by atoms with van der Waals surface area (Å²) in [6.45, 7) is 3.55. The first-order chi connectivity index (χ1) is 21.1. The average molecular weight is 612 g/mol. The number of nitrogens with one attached hydrogen (secondary N) is 5. The van der Waals surface area contributed by atoms with E-state index in [1.165, 1.54) is 12.6 Å². The topological polar surface area (TPSA) is 180 Å². The Labute approximate surface area is 275 Å². The molecular weight excluding hydrogens is 573 g/mol. The number of carbonyl (C=O) groups excluding carboxylic acids is 7. The Hall–Kier alpha value is -4.53. The molecule has 0 bridgehead atoms. The number of amides is 5. The Morgan fingerprint density at radius 3 is 1.93 bits per heavy atom. The van der Waals surface area contributed by atoms with Crippen LogP contribution in [-0.4, -0.2) is 74.3 Å². The number of benzene rings is 2. The molecule has 5 amide bonds. The summed E-state index contributed by atoms with van der Waals surface area (Å²) >= 11 is 0. The number of allylic oxidation sites excluding steroid dienone is 2. The van der Waals surface area contributed by atoms with Crippen molar-refractivity contribution in [3.63, 3.8) is 0 Å². The second kappa shape index (κ2) is 24.9. The molecule has 0 saturated carbocycles. The molecule has 2 aromatic carbocycles. The van der Waals surface area contributed by atoms with E-state index >= 15 is 0 Å². The summed E-state index contributed by atoms with van der Waals surface area (Å²) in [6, 6.07) is 18.4. The maximum Gasteiger partial charge on any atom is 1.00 e. The van der Waals surface area contributed by atoms with Crippen molar-refractivity contribution in [1.82, 2.24) is 26.6 Å². The molecule has 236 valence electrons. The van der Waals surface area contributed by atoms with Gasteiger partial charge in [0.05, 0.1) is 19.6 Å². The summed E-state index contributed by atoms with van der Waals surface area (Å²) in [5, 5.41) is 12.8. The fourth-order valence-electron chi connectivity index (χ4n) is 3.40. The third-order valence-electron chi connectivity index (χ3n) is 5.59. The van der Waals surface area contributed by atoms with Crippen molar-refractivity contribution in [2.24, 2.45) is 5.92 Å². The van der Waals surface area contributed by atoms with E-state index in [1.54, 1.807) is 12.1 Å². The zero-order valence-corrected chi connectivity index (χ0v) is 25.8. The van der Waals surface area contributed by atoms with Crippen molar-refractivity contribution in [3.8, 4) is 0 Å². The zero-order chi connectivity index (χ0) is 32.6. The Morgan fingerprint density at radius 2 is 1.33 bits per heavy atom. The molecule has 0 aliphatic heterocycles. The van der Waals surface area contributed by atoms with E-state index in [0.717, 1.165) is 23.3 Å². The summed E-state index contributed by atoms with van der Waals surface area (Å²) in [5.41, 5.74) is 1.78. The van der Waals surface area contributed by atoms with Crippen LogP contribution in [0.4, 0.5) is 0 Å². The van der Waals surface area contributed by atoms with Gasteiger partial charge in [-0.2, -0.15) is 35.9 Å². The zero-order valence-electron chi connectivity index (χ0n) is 25.8. The molecule has 0 radical (unpaired) electrons. The van der Waals surface area contributed by atoms with Crippen LogP contribution >= 0.6 is 0 Å². The minimum atomic E-state index is -0.949. The van der Waals surface area contributed by atoms with E-state index in [4.69, 9.17) is 0 Å². The molecule has 0 aliphatic rings.